The van der Waals surface area contributed by atoms with E-state index in [1.807, 2.05) is 60.1 Å². The van der Waals surface area contributed by atoms with Gasteiger partial charge in [-0.25, -0.2) is 0 Å². The van der Waals surface area contributed by atoms with E-state index >= 15 is 0 Å². The molecule has 0 bridgehead atoms. The largest absolute Gasteiger partial charge is 0.493 e. The summed E-state index contributed by atoms with van der Waals surface area (Å²) in [5.74, 6) is 1.23. The van der Waals surface area contributed by atoms with Crippen molar-refractivity contribution in [2.75, 3.05) is 19.0 Å². The second-order valence-corrected chi connectivity index (χ2v) is 7.32. The first-order chi connectivity index (χ1) is 14.5. The van der Waals surface area contributed by atoms with Crippen LogP contribution in [0.25, 0.3) is 11.6 Å². The minimum Gasteiger partial charge on any atom is -0.493 e. The van der Waals surface area contributed by atoms with Gasteiger partial charge >= 0.3 is 0 Å². The maximum absolute atomic E-state index is 12.3. The van der Waals surface area contributed by atoms with E-state index in [0.29, 0.717) is 23.7 Å². The number of carbonyl (C=O) groups is 1. The highest BCUT2D eigenvalue weighted by Crippen LogP contribution is 2.34. The summed E-state index contributed by atoms with van der Waals surface area (Å²) >= 11 is 0. The van der Waals surface area contributed by atoms with E-state index in [2.05, 4.69) is 23.4 Å². The van der Waals surface area contributed by atoms with Crippen molar-refractivity contribution in [1.29, 1.82) is 0 Å². The normalized spacial score (nSPS) is 14.0. The highest BCUT2D eigenvalue weighted by atomic mass is 16.5. The Morgan fingerprint density at radius 1 is 1.10 bits per heavy atom. The second kappa shape index (κ2) is 8.45. The molecule has 0 fully saturated rings. The van der Waals surface area contributed by atoms with Gasteiger partial charge in [0.15, 0.2) is 11.5 Å². The quantitative estimate of drug-likeness (QED) is 0.467. The lowest BCUT2D eigenvalue weighted by atomic mass is 10.0. The van der Waals surface area contributed by atoms with E-state index in [0.717, 1.165) is 41.2 Å². The van der Waals surface area contributed by atoms with Crippen LogP contribution in [0.3, 0.4) is 0 Å². The van der Waals surface area contributed by atoms with Crippen molar-refractivity contribution in [3.63, 3.8) is 0 Å². The van der Waals surface area contributed by atoms with Crippen LogP contribution in [0, 0.1) is 13.8 Å². The highest BCUT2D eigenvalue weighted by Gasteiger charge is 2.23. The first-order valence-corrected chi connectivity index (χ1v) is 9.99. The number of hydrogen-bond acceptors (Lipinski definition) is 4. The lowest BCUT2D eigenvalue weighted by Gasteiger charge is -2.12. The van der Waals surface area contributed by atoms with E-state index in [-0.39, 0.29) is 5.91 Å². The molecular weight excluding hydrogens is 378 g/mol. The maximum atomic E-state index is 12.3. The molecule has 3 aromatic rings. The van der Waals surface area contributed by atoms with Gasteiger partial charge in [-0.3, -0.25) is 9.48 Å². The fraction of sp³-hybridized carbons (Fsp3) is 0.250. The molecular formula is C24H25N3O3. The van der Waals surface area contributed by atoms with Crippen LogP contribution in [-0.2, 0) is 11.3 Å². The molecule has 0 saturated heterocycles. The van der Waals surface area contributed by atoms with Crippen molar-refractivity contribution in [1.82, 2.24) is 9.78 Å². The number of para-hydroxylation sites is 1. The predicted molar refractivity (Wildman–Crippen MR) is 118 cm³/mol. The number of fused-ring (bicyclic) bond motifs is 1. The van der Waals surface area contributed by atoms with Crippen LogP contribution in [-0.4, -0.2) is 29.4 Å². The van der Waals surface area contributed by atoms with Crippen molar-refractivity contribution < 1.29 is 14.3 Å². The van der Waals surface area contributed by atoms with Gasteiger partial charge in [0.2, 0.25) is 0 Å². The Morgan fingerprint density at radius 3 is 2.70 bits per heavy atom. The van der Waals surface area contributed by atoms with Gasteiger partial charge in [-0.1, -0.05) is 24.3 Å². The van der Waals surface area contributed by atoms with Gasteiger partial charge in [0.05, 0.1) is 19.4 Å². The smallest absolute Gasteiger partial charge is 0.256 e. The van der Waals surface area contributed by atoms with Gasteiger partial charge in [0, 0.05) is 35.5 Å². The van der Waals surface area contributed by atoms with E-state index in [4.69, 9.17) is 9.47 Å². The Bertz CT molecular complexity index is 1110. The predicted octanol–water partition coefficient (Wildman–Crippen LogP) is 4.47. The molecule has 1 N–H and O–H groups in total. The van der Waals surface area contributed by atoms with Crippen molar-refractivity contribution >= 4 is 23.2 Å². The number of aromatic nitrogens is 2. The first-order valence-electron chi connectivity index (χ1n) is 9.99. The van der Waals surface area contributed by atoms with Crippen molar-refractivity contribution in [2.24, 2.45) is 0 Å². The van der Waals surface area contributed by atoms with Crippen LogP contribution in [0.15, 0.2) is 48.5 Å². The van der Waals surface area contributed by atoms with Crippen LogP contribution in [0.4, 0.5) is 5.69 Å². The number of benzene rings is 2. The number of amides is 1. The molecule has 6 nitrogen and oxygen atoms in total. The van der Waals surface area contributed by atoms with Crippen LogP contribution in [0.2, 0.25) is 0 Å². The Balaban J connectivity index is 1.44. The summed E-state index contributed by atoms with van der Waals surface area (Å²) < 4.78 is 13.4. The first kappa shape index (κ1) is 19.8. The Morgan fingerprint density at radius 2 is 1.93 bits per heavy atom. The lowest BCUT2D eigenvalue weighted by Crippen LogP contribution is -2.07. The molecule has 0 saturated carbocycles. The van der Waals surface area contributed by atoms with Crippen molar-refractivity contribution in [3.05, 3.63) is 71.0 Å². The third-order valence-corrected chi connectivity index (χ3v) is 5.08. The van der Waals surface area contributed by atoms with E-state index in [1.54, 1.807) is 7.11 Å². The van der Waals surface area contributed by atoms with Gasteiger partial charge in [-0.05, 0) is 49.8 Å². The maximum Gasteiger partial charge on any atom is 0.256 e. The zero-order valence-corrected chi connectivity index (χ0v) is 17.4. The van der Waals surface area contributed by atoms with Crippen molar-refractivity contribution in [2.45, 2.75) is 26.8 Å². The monoisotopic (exact) mass is 403 g/mol. The summed E-state index contributed by atoms with van der Waals surface area (Å²) in [7, 11) is 1.62. The van der Waals surface area contributed by atoms with Crippen LogP contribution in [0.5, 0.6) is 11.5 Å². The number of nitrogens with zero attached hydrogens (tertiary/aromatic N) is 2. The average Bonchev–Trinajstić information content (AvgIpc) is 3.23. The Labute approximate surface area is 176 Å². The zero-order valence-electron chi connectivity index (χ0n) is 17.4. The molecule has 0 spiro atoms. The highest BCUT2D eigenvalue weighted by molar-refractivity contribution is 6.34. The molecule has 0 unspecified atom stereocenters. The number of rotatable bonds is 7. The number of hydrogen-bond donors (Lipinski definition) is 1. The minimum atomic E-state index is -0.0976. The third kappa shape index (κ3) is 4.08. The van der Waals surface area contributed by atoms with Crippen LogP contribution >= 0.6 is 0 Å². The number of aryl methyl sites for hydroxylation is 3. The molecule has 30 heavy (non-hydrogen) atoms. The van der Waals surface area contributed by atoms with E-state index in [9.17, 15) is 4.79 Å². The van der Waals surface area contributed by atoms with Gasteiger partial charge in [0.1, 0.15) is 0 Å². The van der Waals surface area contributed by atoms with Gasteiger partial charge in [-0.2, -0.15) is 5.10 Å². The molecule has 2 aromatic carbocycles. The van der Waals surface area contributed by atoms with Crippen LogP contribution < -0.4 is 14.8 Å². The number of carbonyl (C=O) groups excluding carboxylic acids is 1. The molecule has 1 amide bonds. The molecule has 0 atom stereocenters. The van der Waals surface area contributed by atoms with Gasteiger partial charge in [-0.15, -0.1) is 0 Å². The van der Waals surface area contributed by atoms with Gasteiger partial charge in [0.25, 0.3) is 5.91 Å². The number of methoxy groups -OCH3 is 1. The standard InChI is InChI=1S/C24H25N3O3/c1-16-13-17(2)27(26-16)11-6-12-30-22-10-9-18(15-23(22)29-3)14-20-19-7-4-5-8-21(19)25-24(20)28/h4-5,7-10,13-15H,6,11-12H2,1-3H3,(H,25,28)/b20-14-. The van der Waals surface area contributed by atoms with Crippen molar-refractivity contribution in [3.8, 4) is 11.5 Å². The summed E-state index contributed by atoms with van der Waals surface area (Å²) in [4.78, 5) is 12.3. The van der Waals surface area contributed by atoms with Crippen LogP contribution in [0.1, 0.15) is 28.9 Å². The summed E-state index contributed by atoms with van der Waals surface area (Å²) in [6.07, 6.45) is 2.71. The molecule has 0 aliphatic carbocycles. The molecule has 6 heteroatoms. The fourth-order valence-corrected chi connectivity index (χ4v) is 3.64. The van der Waals surface area contributed by atoms with Gasteiger partial charge < -0.3 is 14.8 Å². The molecule has 1 aliphatic heterocycles. The molecule has 4 rings (SSSR count). The Kier molecular flexibility index (Phi) is 5.57. The molecule has 0 radical (unpaired) electrons. The lowest BCUT2D eigenvalue weighted by molar-refractivity contribution is -0.110. The number of nitrogens with one attached hydrogen (secondary N) is 1. The molecule has 2 heterocycles. The third-order valence-electron chi connectivity index (χ3n) is 5.08. The molecule has 1 aromatic heterocycles. The SMILES string of the molecule is COc1cc(/C=C2\C(=O)Nc3ccccc32)ccc1OCCCn1nc(C)cc1C. The number of ether oxygens (including phenoxy) is 2. The molecule has 154 valence electrons. The average molecular weight is 403 g/mol. The molecule has 1 aliphatic rings. The topological polar surface area (TPSA) is 65.4 Å². The second-order valence-electron chi connectivity index (χ2n) is 7.32. The summed E-state index contributed by atoms with van der Waals surface area (Å²) in [6.45, 7) is 5.42. The zero-order chi connectivity index (χ0) is 21.1. The summed E-state index contributed by atoms with van der Waals surface area (Å²) in [5.41, 5.74) is 5.45. The summed E-state index contributed by atoms with van der Waals surface area (Å²) in [5, 5.41) is 7.36. The summed E-state index contributed by atoms with van der Waals surface area (Å²) in [6, 6.07) is 15.4. The fourth-order valence-electron chi connectivity index (χ4n) is 3.64. The Hall–Kier alpha value is -3.54. The number of anilines is 1. The van der Waals surface area contributed by atoms with E-state index in [1.165, 1.54) is 0 Å². The minimum absolute atomic E-state index is 0.0976. The van der Waals surface area contributed by atoms with E-state index < -0.39 is 0 Å².